The predicted molar refractivity (Wildman–Crippen MR) is 182 cm³/mol. The highest BCUT2D eigenvalue weighted by Crippen LogP contribution is 2.49. The lowest BCUT2D eigenvalue weighted by Gasteiger charge is -2.42. The van der Waals surface area contributed by atoms with Crippen LogP contribution >= 0.6 is 0 Å². The maximum Gasteiger partial charge on any atom is 0.269 e. The number of hydrogen-bond donors (Lipinski definition) is 0. The molecule has 0 saturated heterocycles. The number of benzene rings is 4. The van der Waals surface area contributed by atoms with E-state index >= 15 is 0 Å². The van der Waals surface area contributed by atoms with Gasteiger partial charge >= 0.3 is 0 Å². The lowest BCUT2D eigenvalue weighted by molar-refractivity contribution is -0.385. The molecule has 0 N–H and O–H groups in total. The van der Waals surface area contributed by atoms with Crippen LogP contribution in [0.3, 0.4) is 0 Å². The zero-order valence-corrected chi connectivity index (χ0v) is 26.9. The van der Waals surface area contributed by atoms with Crippen molar-refractivity contribution in [3.63, 3.8) is 0 Å². The van der Waals surface area contributed by atoms with E-state index in [2.05, 4.69) is 31.2 Å². The first kappa shape index (κ1) is 32.2. The molecule has 0 bridgehead atoms. The van der Waals surface area contributed by atoms with Gasteiger partial charge in [0.2, 0.25) is 0 Å². The van der Waals surface area contributed by atoms with E-state index in [9.17, 15) is 20.2 Å². The quantitative estimate of drug-likeness (QED) is 0.120. The molecular weight excluding hydrogens is 592 g/mol. The largest absolute Gasteiger partial charge is 0.457 e. The Labute approximate surface area is 276 Å². The minimum atomic E-state index is -0.419. The lowest BCUT2D eigenvalue weighted by atomic mass is 9.62. The number of nitro benzene ring substituents is 2. The maximum absolute atomic E-state index is 11.0. The summed E-state index contributed by atoms with van der Waals surface area (Å²) in [6.07, 6.45) is 12.7. The molecule has 6 rings (SSSR count). The summed E-state index contributed by atoms with van der Waals surface area (Å²) in [6.45, 7) is 2.39. The summed E-state index contributed by atoms with van der Waals surface area (Å²) in [5.41, 5.74) is 2.41. The first-order chi connectivity index (χ1) is 22.8. The van der Waals surface area contributed by atoms with Crippen LogP contribution in [-0.2, 0) is 5.41 Å². The molecule has 8 nitrogen and oxygen atoms in total. The third kappa shape index (κ3) is 7.81. The smallest absolute Gasteiger partial charge is 0.269 e. The average molecular weight is 635 g/mol. The molecule has 4 aromatic rings. The Morgan fingerprint density at radius 3 is 1.26 bits per heavy atom. The molecule has 8 heteroatoms. The fourth-order valence-electron chi connectivity index (χ4n) is 7.52. The monoisotopic (exact) mass is 634 g/mol. The highest BCUT2D eigenvalue weighted by molar-refractivity contribution is 5.46. The summed E-state index contributed by atoms with van der Waals surface area (Å²) < 4.78 is 12.0. The SMILES string of the molecule is C[C@H]1CC[C@H](CCC2CCC(c3ccc(Oc4ccc([N+](=O)[O-])cc4)cc3)(c3ccc(Oc4ccc([N+](=O)[O-])cc4)cc3)CC2)CC1. The van der Waals surface area contributed by atoms with Gasteiger partial charge in [0.15, 0.2) is 0 Å². The van der Waals surface area contributed by atoms with Crippen molar-refractivity contribution < 1.29 is 19.3 Å². The molecule has 2 aliphatic rings. The number of non-ortho nitro benzene ring substituents is 2. The molecule has 2 aliphatic carbocycles. The molecule has 244 valence electrons. The van der Waals surface area contributed by atoms with Crippen LogP contribution in [0.4, 0.5) is 11.4 Å². The summed E-state index contributed by atoms with van der Waals surface area (Å²) >= 11 is 0. The van der Waals surface area contributed by atoms with Gasteiger partial charge in [0.05, 0.1) is 9.85 Å². The number of rotatable bonds is 11. The van der Waals surface area contributed by atoms with Crippen molar-refractivity contribution in [1.29, 1.82) is 0 Å². The Bertz CT molecular complexity index is 1530. The van der Waals surface area contributed by atoms with E-state index in [4.69, 9.17) is 9.47 Å². The van der Waals surface area contributed by atoms with Crippen molar-refractivity contribution in [2.45, 2.75) is 76.5 Å². The van der Waals surface area contributed by atoms with Crippen molar-refractivity contribution in [2.24, 2.45) is 17.8 Å². The molecule has 0 spiro atoms. The number of nitrogens with zero attached hydrogens (tertiary/aromatic N) is 2. The van der Waals surface area contributed by atoms with Gasteiger partial charge in [-0.3, -0.25) is 20.2 Å². The first-order valence-corrected chi connectivity index (χ1v) is 16.8. The summed E-state index contributed by atoms with van der Waals surface area (Å²) in [5, 5.41) is 22.0. The molecular formula is C39H42N2O6. The van der Waals surface area contributed by atoms with Crippen LogP contribution in [0.25, 0.3) is 0 Å². The fourth-order valence-corrected chi connectivity index (χ4v) is 7.52. The second-order valence-corrected chi connectivity index (χ2v) is 13.5. The Morgan fingerprint density at radius 2 is 0.894 bits per heavy atom. The normalized spacial score (nSPS) is 19.5. The van der Waals surface area contributed by atoms with E-state index in [1.54, 1.807) is 24.3 Å². The Kier molecular flexibility index (Phi) is 9.85. The van der Waals surface area contributed by atoms with Crippen molar-refractivity contribution in [3.8, 4) is 23.0 Å². The molecule has 47 heavy (non-hydrogen) atoms. The van der Waals surface area contributed by atoms with E-state index < -0.39 is 9.85 Å². The van der Waals surface area contributed by atoms with Gasteiger partial charge in [-0.15, -0.1) is 0 Å². The molecule has 0 aromatic heterocycles. The average Bonchev–Trinajstić information content (AvgIpc) is 3.09. The van der Waals surface area contributed by atoms with Crippen LogP contribution in [0, 0.1) is 38.0 Å². The van der Waals surface area contributed by atoms with E-state index in [1.807, 2.05) is 24.3 Å². The molecule has 0 radical (unpaired) electrons. The van der Waals surface area contributed by atoms with Gasteiger partial charge in [0.25, 0.3) is 11.4 Å². The van der Waals surface area contributed by atoms with E-state index in [-0.39, 0.29) is 16.8 Å². The summed E-state index contributed by atoms with van der Waals surface area (Å²) in [4.78, 5) is 21.2. The van der Waals surface area contributed by atoms with Gasteiger partial charge in [0.1, 0.15) is 23.0 Å². The van der Waals surface area contributed by atoms with Crippen LogP contribution < -0.4 is 9.47 Å². The van der Waals surface area contributed by atoms with E-state index in [0.717, 1.165) is 30.6 Å². The molecule has 0 aliphatic heterocycles. The number of nitro groups is 2. The number of ether oxygens (including phenoxy) is 2. The van der Waals surface area contributed by atoms with Crippen LogP contribution in [0.15, 0.2) is 97.1 Å². The van der Waals surface area contributed by atoms with Crippen molar-refractivity contribution >= 4 is 11.4 Å². The van der Waals surface area contributed by atoms with Crippen molar-refractivity contribution in [1.82, 2.24) is 0 Å². The van der Waals surface area contributed by atoms with Crippen molar-refractivity contribution in [2.75, 3.05) is 0 Å². The highest BCUT2D eigenvalue weighted by Gasteiger charge is 2.38. The minimum Gasteiger partial charge on any atom is -0.457 e. The van der Waals surface area contributed by atoms with E-state index in [0.29, 0.717) is 23.0 Å². The van der Waals surface area contributed by atoms with Gasteiger partial charge < -0.3 is 9.47 Å². The second kappa shape index (κ2) is 14.4. The Balaban J connectivity index is 1.18. The molecule has 0 heterocycles. The first-order valence-electron chi connectivity index (χ1n) is 16.8. The van der Waals surface area contributed by atoms with Crippen LogP contribution in [-0.4, -0.2) is 9.85 Å². The second-order valence-electron chi connectivity index (χ2n) is 13.5. The number of hydrogen-bond acceptors (Lipinski definition) is 6. The molecule has 2 fully saturated rings. The third-order valence-electron chi connectivity index (χ3n) is 10.5. The summed E-state index contributed by atoms with van der Waals surface area (Å²) in [6, 6.07) is 28.8. The van der Waals surface area contributed by atoms with Crippen molar-refractivity contribution in [3.05, 3.63) is 128 Å². The third-order valence-corrected chi connectivity index (χ3v) is 10.5. The van der Waals surface area contributed by atoms with Crippen LogP contribution in [0.1, 0.15) is 82.3 Å². The fraction of sp³-hybridized carbons (Fsp3) is 0.385. The topological polar surface area (TPSA) is 105 Å². The zero-order chi connectivity index (χ0) is 32.8. The maximum atomic E-state index is 11.0. The van der Waals surface area contributed by atoms with Gasteiger partial charge in [0, 0.05) is 29.7 Å². The van der Waals surface area contributed by atoms with Gasteiger partial charge in [-0.2, -0.15) is 0 Å². The molecule has 0 atom stereocenters. The lowest BCUT2D eigenvalue weighted by Crippen LogP contribution is -2.33. The van der Waals surface area contributed by atoms with Gasteiger partial charge in [-0.1, -0.05) is 69.7 Å². The van der Waals surface area contributed by atoms with E-state index in [1.165, 1.54) is 86.8 Å². The molecule has 0 unspecified atom stereocenters. The molecule has 2 saturated carbocycles. The van der Waals surface area contributed by atoms with Crippen LogP contribution in [0.5, 0.6) is 23.0 Å². The summed E-state index contributed by atoms with van der Waals surface area (Å²) in [5.74, 6) is 4.99. The predicted octanol–water partition coefficient (Wildman–Crippen LogP) is 11.2. The van der Waals surface area contributed by atoms with Crippen LogP contribution in [0.2, 0.25) is 0 Å². The molecule has 4 aromatic carbocycles. The Hall–Kier alpha value is -4.72. The zero-order valence-electron chi connectivity index (χ0n) is 26.9. The minimum absolute atomic E-state index is 0.0303. The standard InChI is InChI=1S/C39H42N2O6/c1-28-2-4-29(5-3-28)6-7-30-24-26-39(27-25-30,31-8-16-35(17-9-31)46-37-20-12-33(13-21-37)40(42)43)32-10-18-36(19-11-32)47-38-22-14-34(15-23-38)41(44)45/h8-23,28-30H,2-7,24-27H2,1H3/t28-,29-. The Morgan fingerprint density at radius 1 is 0.553 bits per heavy atom. The van der Waals surface area contributed by atoms with Gasteiger partial charge in [-0.25, -0.2) is 0 Å². The molecule has 0 amide bonds. The summed E-state index contributed by atoms with van der Waals surface area (Å²) in [7, 11) is 0. The van der Waals surface area contributed by atoms with Gasteiger partial charge in [-0.05, 0) is 103 Å². The highest BCUT2D eigenvalue weighted by atomic mass is 16.6.